The fourth-order valence-corrected chi connectivity index (χ4v) is 3.63. The molecule has 148 valence electrons. The van der Waals surface area contributed by atoms with Crippen molar-refractivity contribution in [1.82, 2.24) is 15.5 Å². The minimum Gasteiger partial charge on any atom is -0.352 e. The Bertz CT molecular complexity index is 905. The van der Waals surface area contributed by atoms with Gasteiger partial charge in [0.2, 0.25) is 11.8 Å². The topological polar surface area (TPSA) is 113 Å². The zero-order chi connectivity index (χ0) is 19.3. The first-order chi connectivity index (χ1) is 12.8. The number of benzene rings is 1. The minimum atomic E-state index is -1.42. The van der Waals surface area contributed by atoms with Crippen molar-refractivity contribution in [3.05, 3.63) is 34.9 Å². The van der Waals surface area contributed by atoms with Crippen LogP contribution in [0.3, 0.4) is 0 Å². The van der Waals surface area contributed by atoms with Gasteiger partial charge in [-0.15, -0.1) is 0 Å². The van der Waals surface area contributed by atoms with Gasteiger partial charge in [-0.3, -0.25) is 34.2 Å². The van der Waals surface area contributed by atoms with Crippen LogP contribution in [0.4, 0.5) is 0 Å². The first-order valence-corrected chi connectivity index (χ1v) is 8.95. The van der Waals surface area contributed by atoms with Crippen molar-refractivity contribution in [2.75, 3.05) is 0 Å². The third kappa shape index (κ3) is 2.98. The first kappa shape index (κ1) is 19.7. The highest BCUT2D eigenvalue weighted by Gasteiger charge is 2.53. The molecule has 1 saturated heterocycles. The molecule has 3 aliphatic rings. The second kappa shape index (κ2) is 6.85. The number of hydrogen-bond acceptors (Lipinski definition) is 5. The van der Waals surface area contributed by atoms with Crippen LogP contribution in [0.2, 0.25) is 0 Å². The first-order valence-electron chi connectivity index (χ1n) is 8.95. The van der Waals surface area contributed by atoms with E-state index >= 15 is 0 Å². The number of imide groups is 2. The number of piperidine rings is 1. The van der Waals surface area contributed by atoms with E-state index in [1.54, 1.807) is 12.1 Å². The summed E-state index contributed by atoms with van der Waals surface area (Å²) < 4.78 is 0. The van der Waals surface area contributed by atoms with Gasteiger partial charge in [-0.05, 0) is 37.8 Å². The van der Waals surface area contributed by atoms with E-state index in [0.717, 1.165) is 17.7 Å². The average molecular weight is 385 g/mol. The molecule has 2 heterocycles. The second-order valence-electron chi connectivity index (χ2n) is 7.43. The summed E-state index contributed by atoms with van der Waals surface area (Å²) in [4.78, 5) is 62.7. The molecule has 28 heavy (non-hydrogen) atoms. The third-order valence-electron chi connectivity index (χ3n) is 5.48. The maximum atomic E-state index is 13.1. The molecular weight excluding hydrogens is 362 g/mol. The molecule has 1 saturated carbocycles. The SMILES string of the molecule is C.CC1(N2C(=O)c3cccc(CNC(=O)C4CC4)c3C2=O)CCC(=O)NC1=O. The fraction of sp³-hybridized carbons (Fsp3) is 0.450. The molecule has 0 bridgehead atoms. The van der Waals surface area contributed by atoms with Crippen LogP contribution in [0, 0.1) is 5.92 Å². The number of fused-ring (bicyclic) bond motifs is 1. The molecule has 2 aliphatic heterocycles. The molecule has 1 aromatic carbocycles. The van der Waals surface area contributed by atoms with Gasteiger partial charge in [0.15, 0.2) is 0 Å². The lowest BCUT2D eigenvalue weighted by atomic mass is 9.89. The van der Waals surface area contributed by atoms with Crippen LogP contribution in [-0.2, 0) is 20.9 Å². The molecule has 1 aromatic rings. The minimum absolute atomic E-state index is 0. The monoisotopic (exact) mass is 385 g/mol. The van der Waals surface area contributed by atoms with Crippen molar-refractivity contribution in [2.24, 2.45) is 5.92 Å². The Morgan fingerprint density at radius 1 is 1.21 bits per heavy atom. The Balaban J connectivity index is 0.00000225. The molecule has 5 amide bonds. The zero-order valence-electron chi connectivity index (χ0n) is 14.8. The zero-order valence-corrected chi connectivity index (χ0v) is 14.8. The van der Waals surface area contributed by atoms with Gasteiger partial charge < -0.3 is 5.32 Å². The molecule has 0 spiro atoms. The van der Waals surface area contributed by atoms with Gasteiger partial charge in [-0.25, -0.2) is 0 Å². The van der Waals surface area contributed by atoms with Crippen LogP contribution in [0.15, 0.2) is 18.2 Å². The van der Waals surface area contributed by atoms with Crippen molar-refractivity contribution in [1.29, 1.82) is 0 Å². The number of carbonyl (C=O) groups is 5. The highest BCUT2D eigenvalue weighted by atomic mass is 16.2. The summed E-state index contributed by atoms with van der Waals surface area (Å²) in [5.41, 5.74) is -0.456. The van der Waals surface area contributed by atoms with Crippen molar-refractivity contribution >= 4 is 29.5 Å². The van der Waals surface area contributed by atoms with Crippen LogP contribution in [0.1, 0.15) is 66.3 Å². The number of nitrogens with zero attached hydrogens (tertiary/aromatic N) is 1. The van der Waals surface area contributed by atoms with E-state index in [0.29, 0.717) is 5.56 Å². The van der Waals surface area contributed by atoms with E-state index < -0.39 is 29.2 Å². The van der Waals surface area contributed by atoms with Gasteiger partial charge >= 0.3 is 0 Å². The Hall–Kier alpha value is -3.03. The molecule has 8 nitrogen and oxygen atoms in total. The maximum absolute atomic E-state index is 13.1. The molecular formula is C20H23N3O5. The average Bonchev–Trinajstić information content (AvgIpc) is 3.44. The molecule has 1 atom stereocenters. The van der Waals surface area contributed by atoms with E-state index in [1.807, 2.05) is 0 Å². The number of nitrogens with one attached hydrogen (secondary N) is 2. The van der Waals surface area contributed by atoms with E-state index in [2.05, 4.69) is 10.6 Å². The number of hydrogen-bond donors (Lipinski definition) is 2. The summed E-state index contributed by atoms with van der Waals surface area (Å²) in [6, 6.07) is 4.88. The van der Waals surface area contributed by atoms with Gasteiger partial charge in [0.05, 0.1) is 11.1 Å². The largest absolute Gasteiger partial charge is 0.352 e. The summed E-state index contributed by atoms with van der Waals surface area (Å²) in [6.45, 7) is 1.64. The molecule has 4 rings (SSSR count). The van der Waals surface area contributed by atoms with Crippen molar-refractivity contribution in [3.8, 4) is 0 Å². The van der Waals surface area contributed by atoms with E-state index in [9.17, 15) is 24.0 Å². The van der Waals surface area contributed by atoms with E-state index in [-0.39, 0.29) is 49.8 Å². The van der Waals surface area contributed by atoms with Gasteiger partial charge in [0.25, 0.3) is 17.7 Å². The lowest BCUT2D eigenvalue weighted by Gasteiger charge is -2.38. The standard InChI is InChI=1S/C19H19N3O5.CH4/c1-19(8-7-13(23)21-18(19)27)22-16(25)12-4-2-3-11(14(12)17(22)26)9-20-15(24)10-5-6-10;/h2-4,10H,5-9H2,1H3,(H,20,24)(H,21,23,27);1H4. The lowest BCUT2D eigenvalue weighted by molar-refractivity contribution is -0.141. The summed E-state index contributed by atoms with van der Waals surface area (Å²) in [5, 5.41) is 5.01. The van der Waals surface area contributed by atoms with Gasteiger partial charge in [0, 0.05) is 18.9 Å². The molecule has 0 aromatic heterocycles. The number of amides is 5. The highest BCUT2D eigenvalue weighted by molar-refractivity contribution is 6.24. The van der Waals surface area contributed by atoms with Gasteiger partial charge in [0.1, 0.15) is 5.54 Å². The summed E-state index contributed by atoms with van der Waals surface area (Å²) in [5.74, 6) is -2.22. The van der Waals surface area contributed by atoms with Crippen LogP contribution in [0.25, 0.3) is 0 Å². The molecule has 2 N–H and O–H groups in total. The van der Waals surface area contributed by atoms with Crippen LogP contribution in [0.5, 0.6) is 0 Å². The molecule has 2 fully saturated rings. The van der Waals surface area contributed by atoms with E-state index in [1.165, 1.54) is 13.0 Å². The normalized spacial score (nSPS) is 23.8. The third-order valence-corrected chi connectivity index (χ3v) is 5.48. The fourth-order valence-electron chi connectivity index (χ4n) is 3.63. The van der Waals surface area contributed by atoms with Crippen molar-refractivity contribution < 1.29 is 24.0 Å². The Labute approximate surface area is 162 Å². The number of carbonyl (C=O) groups excluding carboxylic acids is 5. The van der Waals surface area contributed by atoms with Crippen molar-refractivity contribution in [3.63, 3.8) is 0 Å². The lowest BCUT2D eigenvalue weighted by Crippen LogP contribution is -2.62. The van der Waals surface area contributed by atoms with Crippen LogP contribution < -0.4 is 10.6 Å². The summed E-state index contributed by atoms with van der Waals surface area (Å²) >= 11 is 0. The summed E-state index contributed by atoms with van der Waals surface area (Å²) in [6.07, 6.45) is 1.88. The van der Waals surface area contributed by atoms with Crippen LogP contribution >= 0.6 is 0 Å². The maximum Gasteiger partial charge on any atom is 0.262 e. The molecule has 1 unspecified atom stereocenters. The predicted molar refractivity (Wildman–Crippen MR) is 99.0 cm³/mol. The summed E-state index contributed by atoms with van der Waals surface area (Å²) in [7, 11) is 0. The Morgan fingerprint density at radius 3 is 2.57 bits per heavy atom. The van der Waals surface area contributed by atoms with Gasteiger partial charge in [-0.1, -0.05) is 19.6 Å². The van der Waals surface area contributed by atoms with Crippen molar-refractivity contribution in [2.45, 2.75) is 52.1 Å². The Kier molecular flexibility index (Phi) is 4.82. The van der Waals surface area contributed by atoms with Gasteiger partial charge in [-0.2, -0.15) is 0 Å². The smallest absolute Gasteiger partial charge is 0.262 e. The molecule has 1 aliphatic carbocycles. The molecule has 8 heteroatoms. The quantitative estimate of drug-likeness (QED) is 0.755. The second-order valence-corrected chi connectivity index (χ2v) is 7.43. The van der Waals surface area contributed by atoms with Crippen LogP contribution in [-0.4, -0.2) is 40.0 Å². The number of rotatable bonds is 4. The highest BCUT2D eigenvalue weighted by Crippen LogP contribution is 2.35. The predicted octanol–water partition coefficient (Wildman–Crippen LogP) is 1.14. The van der Waals surface area contributed by atoms with E-state index in [4.69, 9.17) is 0 Å². The Morgan fingerprint density at radius 2 is 1.93 bits per heavy atom. The molecule has 0 radical (unpaired) electrons.